The van der Waals surface area contributed by atoms with Gasteiger partial charge >= 0.3 is 0 Å². The standard InChI is InChI=1S/C15H22O7/c16-8-12(19)14(21)15(22)13(20)11(18)3-1-2-9-4-6-10(17)7-5-9/h4-7,12-17,19-22H,1-3,8H2/t12-,13+,14-,15-/m1/s1. The molecule has 0 aliphatic heterocycles. The smallest absolute Gasteiger partial charge is 0.164 e. The first-order valence-electron chi connectivity index (χ1n) is 7.00. The zero-order valence-corrected chi connectivity index (χ0v) is 12.0. The van der Waals surface area contributed by atoms with Crippen LogP contribution in [-0.4, -0.2) is 67.4 Å². The van der Waals surface area contributed by atoms with Crippen LogP contribution in [0.1, 0.15) is 18.4 Å². The van der Waals surface area contributed by atoms with E-state index in [0.717, 1.165) is 5.56 Å². The van der Waals surface area contributed by atoms with Gasteiger partial charge in [0.1, 0.15) is 30.2 Å². The molecule has 0 aromatic heterocycles. The van der Waals surface area contributed by atoms with Crippen LogP contribution < -0.4 is 0 Å². The van der Waals surface area contributed by atoms with Crippen molar-refractivity contribution in [3.05, 3.63) is 29.8 Å². The number of hydrogen-bond acceptors (Lipinski definition) is 7. The second-order valence-corrected chi connectivity index (χ2v) is 5.16. The molecule has 0 saturated heterocycles. The molecule has 7 heteroatoms. The molecule has 1 aromatic carbocycles. The average Bonchev–Trinajstić information content (AvgIpc) is 2.53. The normalized spacial score (nSPS) is 16.8. The van der Waals surface area contributed by atoms with Gasteiger partial charge in [-0.2, -0.15) is 0 Å². The Morgan fingerprint density at radius 1 is 1.00 bits per heavy atom. The van der Waals surface area contributed by atoms with Gasteiger partial charge in [0.15, 0.2) is 5.78 Å². The van der Waals surface area contributed by atoms with Crippen LogP contribution in [0.3, 0.4) is 0 Å². The Labute approximate surface area is 128 Å². The Bertz CT molecular complexity index is 459. The highest BCUT2D eigenvalue weighted by molar-refractivity contribution is 5.83. The van der Waals surface area contributed by atoms with Crippen LogP contribution in [0.2, 0.25) is 0 Å². The molecule has 0 bridgehead atoms. The first-order valence-corrected chi connectivity index (χ1v) is 7.00. The minimum atomic E-state index is -1.86. The molecule has 7 nitrogen and oxygen atoms in total. The van der Waals surface area contributed by atoms with Crippen molar-refractivity contribution < 1.29 is 35.4 Å². The Balaban J connectivity index is 2.42. The summed E-state index contributed by atoms with van der Waals surface area (Å²) >= 11 is 0. The van der Waals surface area contributed by atoms with Crippen LogP contribution in [0, 0.1) is 0 Å². The van der Waals surface area contributed by atoms with E-state index < -0.39 is 36.8 Å². The van der Waals surface area contributed by atoms with Crippen molar-refractivity contribution in [2.24, 2.45) is 0 Å². The molecule has 1 rings (SSSR count). The fourth-order valence-corrected chi connectivity index (χ4v) is 1.99. The molecular formula is C15H22O7. The van der Waals surface area contributed by atoms with Crippen LogP contribution in [-0.2, 0) is 11.2 Å². The zero-order valence-electron chi connectivity index (χ0n) is 12.0. The molecule has 0 amide bonds. The van der Waals surface area contributed by atoms with E-state index in [9.17, 15) is 25.2 Å². The van der Waals surface area contributed by atoms with Crippen LogP contribution in [0.15, 0.2) is 24.3 Å². The number of carbonyl (C=O) groups excluding carboxylic acids is 1. The Kier molecular flexibility index (Phi) is 7.43. The van der Waals surface area contributed by atoms with E-state index >= 15 is 0 Å². The maximum atomic E-state index is 11.7. The van der Waals surface area contributed by atoms with Crippen molar-refractivity contribution in [3.63, 3.8) is 0 Å². The molecule has 0 fully saturated rings. The Hall–Kier alpha value is -1.51. The quantitative estimate of drug-likeness (QED) is 0.334. The summed E-state index contributed by atoms with van der Waals surface area (Å²) in [6.45, 7) is -0.792. The minimum absolute atomic E-state index is 0.0129. The van der Waals surface area contributed by atoms with Crippen molar-refractivity contribution in [1.82, 2.24) is 0 Å². The summed E-state index contributed by atoms with van der Waals surface area (Å²) in [5, 5.41) is 55.6. The fraction of sp³-hybridized carbons (Fsp3) is 0.533. The van der Waals surface area contributed by atoms with E-state index in [1.54, 1.807) is 12.1 Å². The van der Waals surface area contributed by atoms with Crippen molar-refractivity contribution >= 4 is 5.78 Å². The molecule has 124 valence electrons. The van der Waals surface area contributed by atoms with Crippen LogP contribution in [0.25, 0.3) is 0 Å². The maximum Gasteiger partial charge on any atom is 0.164 e. The predicted octanol–water partition coefficient (Wildman–Crippen LogP) is -1.28. The van der Waals surface area contributed by atoms with Crippen LogP contribution >= 0.6 is 0 Å². The van der Waals surface area contributed by atoms with E-state index in [0.29, 0.717) is 12.8 Å². The van der Waals surface area contributed by atoms with E-state index in [2.05, 4.69) is 0 Å². The summed E-state index contributed by atoms with van der Waals surface area (Å²) in [7, 11) is 0. The van der Waals surface area contributed by atoms with Gasteiger partial charge in [-0.15, -0.1) is 0 Å². The predicted molar refractivity (Wildman–Crippen MR) is 77.2 cm³/mol. The van der Waals surface area contributed by atoms with Gasteiger partial charge in [0, 0.05) is 6.42 Å². The lowest BCUT2D eigenvalue weighted by Crippen LogP contribution is -2.48. The first kappa shape index (κ1) is 18.5. The first-order chi connectivity index (χ1) is 10.4. The number of aromatic hydroxyl groups is 1. The van der Waals surface area contributed by atoms with Crippen molar-refractivity contribution in [1.29, 1.82) is 0 Å². The molecule has 0 saturated carbocycles. The molecule has 0 aliphatic rings. The van der Waals surface area contributed by atoms with Crippen molar-refractivity contribution in [3.8, 4) is 5.75 Å². The van der Waals surface area contributed by atoms with Gasteiger partial charge in [-0.25, -0.2) is 0 Å². The number of ketones is 1. The molecule has 1 aromatic rings. The highest BCUT2D eigenvalue weighted by Crippen LogP contribution is 2.13. The molecule has 0 aliphatic carbocycles. The molecule has 0 heterocycles. The monoisotopic (exact) mass is 314 g/mol. The topological polar surface area (TPSA) is 138 Å². The van der Waals surface area contributed by atoms with E-state index in [1.807, 2.05) is 0 Å². The number of aliphatic hydroxyl groups excluding tert-OH is 5. The minimum Gasteiger partial charge on any atom is -0.508 e. The Morgan fingerprint density at radius 2 is 1.59 bits per heavy atom. The molecule has 22 heavy (non-hydrogen) atoms. The van der Waals surface area contributed by atoms with Gasteiger partial charge in [-0.3, -0.25) is 4.79 Å². The summed E-state index contributed by atoms with van der Waals surface area (Å²) in [6, 6.07) is 6.49. The summed E-state index contributed by atoms with van der Waals surface area (Å²) in [4.78, 5) is 11.7. The van der Waals surface area contributed by atoms with Gasteiger partial charge in [0.2, 0.25) is 0 Å². The molecule has 4 atom stereocenters. The zero-order chi connectivity index (χ0) is 16.7. The lowest BCUT2D eigenvalue weighted by molar-refractivity contribution is -0.147. The number of aryl methyl sites for hydroxylation is 1. The van der Waals surface area contributed by atoms with Gasteiger partial charge in [-0.05, 0) is 30.5 Å². The number of phenols is 1. The number of carbonyl (C=O) groups is 1. The lowest BCUT2D eigenvalue weighted by Gasteiger charge is -2.24. The number of phenolic OH excluding ortho intramolecular Hbond substituents is 1. The molecular weight excluding hydrogens is 292 g/mol. The molecule has 6 N–H and O–H groups in total. The largest absolute Gasteiger partial charge is 0.508 e. The Morgan fingerprint density at radius 3 is 2.14 bits per heavy atom. The van der Waals surface area contributed by atoms with Gasteiger partial charge in [0.25, 0.3) is 0 Å². The third-order valence-corrected chi connectivity index (χ3v) is 3.41. The van der Waals surface area contributed by atoms with E-state index in [4.69, 9.17) is 10.2 Å². The highest BCUT2D eigenvalue weighted by atomic mass is 16.4. The maximum absolute atomic E-state index is 11.7. The van der Waals surface area contributed by atoms with Crippen molar-refractivity contribution in [2.45, 2.75) is 43.7 Å². The number of Topliss-reactive ketones (excluding diaryl/α,β-unsaturated/α-hetero) is 1. The molecule has 0 spiro atoms. The van der Waals surface area contributed by atoms with Gasteiger partial charge in [0.05, 0.1) is 6.61 Å². The van der Waals surface area contributed by atoms with Crippen LogP contribution in [0.5, 0.6) is 5.75 Å². The SMILES string of the molecule is O=C(CCCc1ccc(O)cc1)[C@H](O)[C@@H](O)[C@H](O)[C@H](O)CO. The summed E-state index contributed by atoms with van der Waals surface area (Å²) in [5.41, 5.74) is 0.913. The van der Waals surface area contributed by atoms with E-state index in [-0.39, 0.29) is 12.2 Å². The number of aliphatic hydroxyl groups is 5. The number of benzene rings is 1. The van der Waals surface area contributed by atoms with Crippen LogP contribution in [0.4, 0.5) is 0 Å². The van der Waals surface area contributed by atoms with E-state index in [1.165, 1.54) is 12.1 Å². The second-order valence-electron chi connectivity index (χ2n) is 5.16. The summed E-state index contributed by atoms with van der Waals surface area (Å²) < 4.78 is 0. The lowest BCUT2D eigenvalue weighted by atomic mass is 9.97. The molecule has 0 radical (unpaired) electrons. The van der Waals surface area contributed by atoms with Gasteiger partial charge < -0.3 is 30.6 Å². The average molecular weight is 314 g/mol. The van der Waals surface area contributed by atoms with Crippen molar-refractivity contribution in [2.75, 3.05) is 6.61 Å². The second kappa shape index (κ2) is 8.82. The molecule has 0 unspecified atom stereocenters. The fourth-order valence-electron chi connectivity index (χ4n) is 1.99. The third kappa shape index (κ3) is 5.36. The van der Waals surface area contributed by atoms with Gasteiger partial charge in [-0.1, -0.05) is 12.1 Å². The summed E-state index contributed by atoms with van der Waals surface area (Å²) in [6.07, 6.45) is -6.15. The highest BCUT2D eigenvalue weighted by Gasteiger charge is 2.33. The number of rotatable bonds is 9. The third-order valence-electron chi connectivity index (χ3n) is 3.41. The number of hydrogen-bond donors (Lipinski definition) is 6. The summed E-state index contributed by atoms with van der Waals surface area (Å²) in [5.74, 6) is -0.509.